The van der Waals surface area contributed by atoms with Crippen LogP contribution in [0.5, 0.6) is 0 Å². The van der Waals surface area contributed by atoms with Gasteiger partial charge in [0.1, 0.15) is 0 Å². The molecule has 0 saturated carbocycles. The fraction of sp³-hybridized carbons (Fsp3) is 0.200. The first-order valence-electron chi connectivity index (χ1n) is 3.93. The smallest absolute Gasteiger partial charge is 0.147 e. The molecule has 0 aromatic heterocycles. The molecule has 2 aliphatic carbocycles. The monoisotopic (exact) mass is 434 g/mol. The summed E-state index contributed by atoms with van der Waals surface area (Å²) < 4.78 is 3.53. The summed E-state index contributed by atoms with van der Waals surface area (Å²) >= 11 is -0.656. The molecule has 0 amide bonds. The third kappa shape index (κ3) is 4.27. The normalized spacial score (nSPS) is 16.9. The molecule has 2 aliphatic rings. The summed E-state index contributed by atoms with van der Waals surface area (Å²) in [7, 11) is 0. The number of halogens is 2. The van der Waals surface area contributed by atoms with Crippen LogP contribution < -0.4 is 0 Å². The van der Waals surface area contributed by atoms with E-state index in [1.807, 2.05) is 0 Å². The van der Waals surface area contributed by atoms with Crippen LogP contribution in [-0.4, -0.2) is 0 Å². The fourth-order valence-electron chi connectivity index (χ4n) is 1.29. The molecule has 0 spiro atoms. The van der Waals surface area contributed by atoms with Crippen LogP contribution >= 0.6 is 24.8 Å². The molecule has 0 aliphatic heterocycles. The Hall–Kier alpha value is 0.865. The number of rotatable bonds is 2. The molecule has 0 saturated heterocycles. The molecule has 0 unspecified atom stereocenters. The zero-order valence-corrected chi connectivity index (χ0v) is 12.9. The molecule has 0 fully saturated rings. The van der Waals surface area contributed by atoms with Crippen LogP contribution in [0.25, 0.3) is 0 Å². The molecule has 0 radical (unpaired) electrons. The molecule has 3 heteroatoms. The van der Waals surface area contributed by atoms with E-state index in [9.17, 15) is 0 Å². The molecule has 0 atom stereocenters. The molecule has 0 aromatic carbocycles. The van der Waals surface area contributed by atoms with Crippen molar-refractivity contribution in [3.8, 4) is 0 Å². The molecule has 2 rings (SSSR count). The van der Waals surface area contributed by atoms with E-state index in [1.54, 1.807) is 2.71 Å². The van der Waals surface area contributed by atoms with E-state index >= 15 is 0 Å². The van der Waals surface area contributed by atoms with Gasteiger partial charge in [-0.15, -0.1) is 24.8 Å². The third-order valence-corrected chi connectivity index (χ3v) is 7.55. The van der Waals surface area contributed by atoms with E-state index in [0.717, 1.165) is 0 Å². The third-order valence-electron chi connectivity index (χ3n) is 1.86. The van der Waals surface area contributed by atoms with E-state index in [-0.39, 0.29) is 24.8 Å². The van der Waals surface area contributed by atoms with Gasteiger partial charge in [-0.1, -0.05) is 0 Å². The van der Waals surface area contributed by atoms with E-state index in [4.69, 9.17) is 0 Å². The molecule has 0 bridgehead atoms. The van der Waals surface area contributed by atoms with Gasteiger partial charge in [0, 0.05) is 0 Å². The minimum atomic E-state index is -0.656. The minimum absolute atomic E-state index is 0. The summed E-state index contributed by atoms with van der Waals surface area (Å²) in [6.07, 6.45) is 16.1. The van der Waals surface area contributed by atoms with Gasteiger partial charge in [-0.05, 0) is 0 Å². The van der Waals surface area contributed by atoms with Crippen molar-refractivity contribution in [1.29, 1.82) is 0 Å². The van der Waals surface area contributed by atoms with Crippen LogP contribution in [0.15, 0.2) is 39.2 Å². The Morgan fingerprint density at radius 1 is 0.846 bits per heavy atom. The second kappa shape index (κ2) is 7.20. The maximum atomic E-state index is 2.33. The first kappa shape index (κ1) is 13.9. The Morgan fingerprint density at radius 2 is 1.31 bits per heavy atom. The Bertz CT molecular complexity index is 247. The first-order valence-corrected chi connectivity index (χ1v) is 8.04. The van der Waals surface area contributed by atoms with Crippen LogP contribution in [-0.2, 0) is 0 Å². The van der Waals surface area contributed by atoms with Crippen molar-refractivity contribution in [3.05, 3.63) is 39.2 Å². The molecule has 70 valence electrons. The van der Waals surface area contributed by atoms with Crippen LogP contribution in [0.1, 0.15) is 12.8 Å². The topological polar surface area (TPSA) is 0 Å². The van der Waals surface area contributed by atoms with Gasteiger partial charge in [-0.25, -0.2) is 0 Å². The predicted molar refractivity (Wildman–Crippen MR) is 58.2 cm³/mol. The standard InChI is InChI=1S/2C5H5.2ClH.Th/c2*1-2-4-5-3-1;;;/h2*1-3H,4H2;2*1H;. The average Bonchev–Trinajstić information content (AvgIpc) is 2.60. The Balaban J connectivity index is 0.000000720. The summed E-state index contributed by atoms with van der Waals surface area (Å²) in [5.74, 6) is 0. The molecule has 0 N–H and O–H groups in total. The van der Waals surface area contributed by atoms with Gasteiger partial charge >= 0.3 is 87.9 Å². The summed E-state index contributed by atoms with van der Waals surface area (Å²) in [6.45, 7) is 0. The van der Waals surface area contributed by atoms with Gasteiger partial charge in [-0.2, -0.15) is 0 Å². The van der Waals surface area contributed by atoms with Crippen LogP contribution in [0.3, 0.4) is 0 Å². The summed E-state index contributed by atoms with van der Waals surface area (Å²) in [6, 6.07) is 0. The first-order chi connectivity index (χ1) is 5.45. The second-order valence-electron chi connectivity index (χ2n) is 2.77. The average molecular weight is 435 g/mol. The number of hydrogen-bond donors (Lipinski definition) is 0. The maximum absolute atomic E-state index is 2.33. The van der Waals surface area contributed by atoms with Gasteiger partial charge in [0.05, 0.1) is 0 Å². The van der Waals surface area contributed by atoms with E-state index in [1.165, 1.54) is 12.8 Å². The van der Waals surface area contributed by atoms with Crippen molar-refractivity contribution in [2.24, 2.45) is 0 Å². The molecular formula is C10H12Cl2Th. The SMILES string of the molecule is C1=CC[C]([Th][C]2=CC=CC2)=C1.Cl.Cl. The summed E-state index contributed by atoms with van der Waals surface area (Å²) in [4.78, 5) is 0. The molecule has 0 nitrogen and oxygen atoms in total. The Kier molecular flexibility index (Phi) is 7.67. The zero-order valence-electron chi connectivity index (χ0n) is 7.19. The van der Waals surface area contributed by atoms with E-state index in [0.29, 0.717) is 0 Å². The summed E-state index contributed by atoms with van der Waals surface area (Å²) in [5.41, 5.74) is 0. The van der Waals surface area contributed by atoms with Crippen LogP contribution in [0.4, 0.5) is 0 Å². The van der Waals surface area contributed by atoms with Gasteiger partial charge in [0.2, 0.25) is 0 Å². The Morgan fingerprint density at radius 3 is 1.62 bits per heavy atom. The van der Waals surface area contributed by atoms with Gasteiger partial charge < -0.3 is 0 Å². The maximum Gasteiger partial charge on any atom is -0.147 e. The second-order valence-corrected chi connectivity index (χ2v) is 9.08. The number of hydrogen-bond acceptors (Lipinski definition) is 0. The van der Waals surface area contributed by atoms with E-state index < -0.39 is 35.9 Å². The fourth-order valence-corrected chi connectivity index (χ4v) is 6.26. The van der Waals surface area contributed by atoms with Crippen LogP contribution in [0.2, 0.25) is 0 Å². The summed E-state index contributed by atoms with van der Waals surface area (Å²) in [5, 5.41) is 0. The predicted octanol–water partition coefficient (Wildman–Crippen LogP) is 3.60. The van der Waals surface area contributed by atoms with Crippen molar-refractivity contribution >= 4 is 24.8 Å². The van der Waals surface area contributed by atoms with Crippen molar-refractivity contribution < 1.29 is 35.9 Å². The molecular weight excluding hydrogens is 423 g/mol. The zero-order chi connectivity index (χ0) is 7.52. The minimum Gasteiger partial charge on any atom is -0.147 e. The van der Waals surface area contributed by atoms with Gasteiger partial charge in [0.15, 0.2) is 0 Å². The van der Waals surface area contributed by atoms with E-state index in [2.05, 4.69) is 36.5 Å². The van der Waals surface area contributed by atoms with Crippen molar-refractivity contribution in [1.82, 2.24) is 0 Å². The van der Waals surface area contributed by atoms with Gasteiger partial charge in [-0.3, -0.25) is 0 Å². The van der Waals surface area contributed by atoms with Gasteiger partial charge in [0.25, 0.3) is 0 Å². The van der Waals surface area contributed by atoms with Crippen molar-refractivity contribution in [2.75, 3.05) is 0 Å². The number of allylic oxidation sites excluding steroid dienone is 8. The van der Waals surface area contributed by atoms with Crippen molar-refractivity contribution in [3.63, 3.8) is 0 Å². The Labute approximate surface area is 111 Å². The van der Waals surface area contributed by atoms with Crippen LogP contribution in [0, 0.1) is 35.9 Å². The largest absolute Gasteiger partial charge is 0.147 e. The van der Waals surface area contributed by atoms with Crippen molar-refractivity contribution in [2.45, 2.75) is 12.8 Å². The molecule has 13 heavy (non-hydrogen) atoms. The quantitative estimate of drug-likeness (QED) is 0.622. The molecule has 0 aromatic rings. The molecule has 0 heterocycles.